The fourth-order valence-electron chi connectivity index (χ4n) is 2.30. The Morgan fingerprint density at radius 2 is 2.00 bits per heavy atom. The quantitative estimate of drug-likeness (QED) is 0.876. The summed E-state index contributed by atoms with van der Waals surface area (Å²) in [6.07, 6.45) is 7.54. The molecule has 5 heteroatoms. The Labute approximate surface area is 126 Å². The molecule has 0 fully saturated rings. The van der Waals surface area contributed by atoms with Crippen molar-refractivity contribution in [3.05, 3.63) is 52.3 Å². The van der Waals surface area contributed by atoms with E-state index in [9.17, 15) is 9.18 Å². The molecule has 1 aromatic heterocycles. The van der Waals surface area contributed by atoms with Gasteiger partial charge in [0.1, 0.15) is 5.82 Å². The van der Waals surface area contributed by atoms with Gasteiger partial charge in [-0.05, 0) is 49.5 Å². The molecule has 3 nitrogen and oxygen atoms in total. The van der Waals surface area contributed by atoms with Gasteiger partial charge in [0.2, 0.25) is 5.91 Å². The minimum atomic E-state index is -0.287. The third kappa shape index (κ3) is 3.55. The maximum atomic E-state index is 12.8. The third-order valence-electron chi connectivity index (χ3n) is 3.37. The SMILES string of the molecule is O=C(/C=C/c1ccc(F)cc1)Nc1nc2c(s1)CCCC2. The average molecular weight is 302 g/mol. The van der Waals surface area contributed by atoms with E-state index in [4.69, 9.17) is 0 Å². The van der Waals surface area contributed by atoms with Crippen molar-refractivity contribution >= 4 is 28.5 Å². The Morgan fingerprint density at radius 1 is 1.24 bits per heavy atom. The fourth-order valence-corrected chi connectivity index (χ4v) is 3.35. The van der Waals surface area contributed by atoms with Crippen LogP contribution in [0.2, 0.25) is 0 Å². The Morgan fingerprint density at radius 3 is 2.76 bits per heavy atom. The second kappa shape index (κ2) is 6.18. The van der Waals surface area contributed by atoms with Crippen molar-refractivity contribution in [1.82, 2.24) is 4.98 Å². The zero-order chi connectivity index (χ0) is 14.7. The van der Waals surface area contributed by atoms with E-state index in [-0.39, 0.29) is 11.7 Å². The number of nitrogens with one attached hydrogen (secondary N) is 1. The molecule has 1 amide bonds. The topological polar surface area (TPSA) is 42.0 Å². The van der Waals surface area contributed by atoms with E-state index in [1.807, 2.05) is 0 Å². The largest absolute Gasteiger partial charge is 0.298 e. The lowest BCUT2D eigenvalue weighted by Gasteiger charge is -2.06. The van der Waals surface area contributed by atoms with E-state index in [0.717, 1.165) is 24.1 Å². The third-order valence-corrected chi connectivity index (χ3v) is 4.45. The molecule has 0 aliphatic heterocycles. The molecule has 0 unspecified atom stereocenters. The van der Waals surface area contributed by atoms with Crippen LogP contribution in [0.25, 0.3) is 6.08 Å². The number of thiazole rings is 1. The first-order valence-corrected chi connectivity index (χ1v) is 7.75. The summed E-state index contributed by atoms with van der Waals surface area (Å²) in [5.41, 5.74) is 1.91. The molecule has 21 heavy (non-hydrogen) atoms. The van der Waals surface area contributed by atoms with Gasteiger partial charge in [0.15, 0.2) is 5.13 Å². The molecule has 1 aliphatic rings. The molecule has 1 N–H and O–H groups in total. The summed E-state index contributed by atoms with van der Waals surface area (Å²) >= 11 is 1.56. The van der Waals surface area contributed by atoms with Gasteiger partial charge >= 0.3 is 0 Å². The number of aryl methyl sites for hydroxylation is 2. The lowest BCUT2D eigenvalue weighted by atomic mass is 10.0. The number of benzene rings is 1. The highest BCUT2D eigenvalue weighted by molar-refractivity contribution is 7.15. The molecule has 1 heterocycles. The van der Waals surface area contributed by atoms with Gasteiger partial charge in [-0.2, -0.15) is 0 Å². The molecular formula is C16H15FN2OS. The standard InChI is InChI=1S/C16H15FN2OS/c17-12-8-5-11(6-9-12)7-10-15(20)19-16-18-13-3-1-2-4-14(13)21-16/h5-10H,1-4H2,(H,18,19,20)/b10-7+. The summed E-state index contributed by atoms with van der Waals surface area (Å²) in [6, 6.07) is 5.99. The normalized spacial score (nSPS) is 14.1. The molecule has 0 atom stereocenters. The number of hydrogen-bond acceptors (Lipinski definition) is 3. The molecule has 108 valence electrons. The van der Waals surface area contributed by atoms with Crippen LogP contribution in [-0.2, 0) is 17.6 Å². The summed E-state index contributed by atoms with van der Waals surface area (Å²) in [5.74, 6) is -0.504. The van der Waals surface area contributed by atoms with Crippen LogP contribution in [0.5, 0.6) is 0 Å². The number of halogens is 1. The maximum Gasteiger partial charge on any atom is 0.250 e. The summed E-state index contributed by atoms with van der Waals surface area (Å²) in [4.78, 5) is 17.6. The second-order valence-electron chi connectivity index (χ2n) is 4.97. The van der Waals surface area contributed by atoms with Crippen LogP contribution in [0.15, 0.2) is 30.3 Å². The van der Waals surface area contributed by atoms with Crippen LogP contribution in [0.1, 0.15) is 29.0 Å². The van der Waals surface area contributed by atoms with E-state index in [1.165, 1.54) is 35.9 Å². The molecule has 0 bridgehead atoms. The molecule has 0 radical (unpaired) electrons. The van der Waals surface area contributed by atoms with Crippen molar-refractivity contribution in [2.24, 2.45) is 0 Å². The van der Waals surface area contributed by atoms with Crippen molar-refractivity contribution in [3.8, 4) is 0 Å². The molecule has 1 aliphatic carbocycles. The summed E-state index contributed by atoms with van der Waals surface area (Å²) in [6.45, 7) is 0. The smallest absolute Gasteiger partial charge is 0.250 e. The Balaban J connectivity index is 1.63. The molecule has 0 spiro atoms. The summed E-state index contributed by atoms with van der Waals surface area (Å²) < 4.78 is 12.8. The molecule has 0 saturated heterocycles. The molecular weight excluding hydrogens is 287 g/mol. The van der Waals surface area contributed by atoms with Crippen molar-refractivity contribution < 1.29 is 9.18 Å². The lowest BCUT2D eigenvalue weighted by molar-refractivity contribution is -0.111. The van der Waals surface area contributed by atoms with Crippen molar-refractivity contribution in [3.63, 3.8) is 0 Å². The number of carbonyl (C=O) groups excluding carboxylic acids is 1. The number of carbonyl (C=O) groups is 1. The number of hydrogen-bond donors (Lipinski definition) is 1. The van der Waals surface area contributed by atoms with Crippen molar-refractivity contribution in [1.29, 1.82) is 0 Å². The fraction of sp³-hybridized carbons (Fsp3) is 0.250. The van der Waals surface area contributed by atoms with E-state index in [0.29, 0.717) is 5.13 Å². The van der Waals surface area contributed by atoms with Crippen LogP contribution in [-0.4, -0.2) is 10.9 Å². The summed E-state index contributed by atoms with van der Waals surface area (Å²) in [7, 11) is 0. The predicted molar refractivity (Wildman–Crippen MR) is 82.8 cm³/mol. The molecule has 0 saturated carbocycles. The van der Waals surface area contributed by atoms with Crippen LogP contribution in [0.3, 0.4) is 0 Å². The lowest BCUT2D eigenvalue weighted by Crippen LogP contribution is -2.07. The van der Waals surface area contributed by atoms with E-state index >= 15 is 0 Å². The summed E-state index contributed by atoms with van der Waals surface area (Å²) in [5, 5.41) is 3.45. The number of fused-ring (bicyclic) bond motifs is 1. The first-order valence-electron chi connectivity index (χ1n) is 6.94. The van der Waals surface area contributed by atoms with Gasteiger partial charge in [-0.1, -0.05) is 12.1 Å². The second-order valence-corrected chi connectivity index (χ2v) is 6.05. The number of anilines is 1. The van der Waals surface area contributed by atoms with E-state index in [2.05, 4.69) is 10.3 Å². The first kappa shape index (κ1) is 13.9. The van der Waals surface area contributed by atoms with E-state index in [1.54, 1.807) is 29.5 Å². The highest BCUT2D eigenvalue weighted by Crippen LogP contribution is 2.29. The highest BCUT2D eigenvalue weighted by atomic mass is 32.1. The number of amides is 1. The van der Waals surface area contributed by atoms with Crippen molar-refractivity contribution in [2.75, 3.05) is 5.32 Å². The van der Waals surface area contributed by atoms with Gasteiger partial charge in [-0.25, -0.2) is 9.37 Å². The zero-order valence-electron chi connectivity index (χ0n) is 11.4. The van der Waals surface area contributed by atoms with Gasteiger partial charge in [-0.3, -0.25) is 10.1 Å². The minimum absolute atomic E-state index is 0.217. The number of nitrogens with zero attached hydrogens (tertiary/aromatic N) is 1. The zero-order valence-corrected chi connectivity index (χ0v) is 12.3. The molecule has 1 aromatic carbocycles. The Kier molecular flexibility index (Phi) is 4.10. The maximum absolute atomic E-state index is 12.8. The van der Waals surface area contributed by atoms with Gasteiger partial charge in [0.05, 0.1) is 5.69 Å². The highest BCUT2D eigenvalue weighted by Gasteiger charge is 2.15. The Hall–Kier alpha value is -2.01. The number of aromatic nitrogens is 1. The monoisotopic (exact) mass is 302 g/mol. The van der Waals surface area contributed by atoms with Crippen LogP contribution >= 0.6 is 11.3 Å². The van der Waals surface area contributed by atoms with Gasteiger partial charge in [0.25, 0.3) is 0 Å². The van der Waals surface area contributed by atoms with Crippen molar-refractivity contribution in [2.45, 2.75) is 25.7 Å². The minimum Gasteiger partial charge on any atom is -0.298 e. The first-order chi connectivity index (χ1) is 10.2. The Bertz CT molecular complexity index is 653. The molecule has 3 rings (SSSR count). The van der Waals surface area contributed by atoms with E-state index < -0.39 is 0 Å². The van der Waals surface area contributed by atoms with Crippen LogP contribution < -0.4 is 5.32 Å². The average Bonchev–Trinajstić information content (AvgIpc) is 2.88. The van der Waals surface area contributed by atoms with Gasteiger partial charge in [0, 0.05) is 11.0 Å². The van der Waals surface area contributed by atoms with Gasteiger partial charge in [-0.15, -0.1) is 11.3 Å². The molecule has 2 aromatic rings. The van der Waals surface area contributed by atoms with Gasteiger partial charge < -0.3 is 0 Å². The number of rotatable bonds is 3. The predicted octanol–water partition coefficient (Wildman–Crippen LogP) is 3.81. The van der Waals surface area contributed by atoms with Crippen LogP contribution in [0.4, 0.5) is 9.52 Å². The van der Waals surface area contributed by atoms with Crippen LogP contribution in [0, 0.1) is 5.82 Å².